The molecule has 2 unspecified atom stereocenters. The summed E-state index contributed by atoms with van der Waals surface area (Å²) in [5.41, 5.74) is 0.517. The van der Waals surface area contributed by atoms with Gasteiger partial charge in [-0.05, 0) is 25.3 Å². The topological polar surface area (TPSA) is 3.24 Å². The Hall–Kier alpha value is -0.0400. The van der Waals surface area contributed by atoms with Gasteiger partial charge in [-0.2, -0.15) is 0 Å². The van der Waals surface area contributed by atoms with Gasteiger partial charge in [-0.1, -0.05) is 27.2 Å². The first-order chi connectivity index (χ1) is 5.00. The second kappa shape index (κ2) is 2.78. The maximum absolute atomic E-state index is 2.48. The lowest BCUT2D eigenvalue weighted by Crippen LogP contribution is -2.32. The molecule has 0 aliphatic carbocycles. The van der Waals surface area contributed by atoms with Crippen LogP contribution in [0, 0.1) is 11.3 Å². The zero-order valence-electron chi connectivity index (χ0n) is 8.52. The van der Waals surface area contributed by atoms with E-state index in [1.54, 1.807) is 0 Å². The fourth-order valence-corrected chi connectivity index (χ4v) is 2.31. The molecule has 0 aromatic rings. The van der Waals surface area contributed by atoms with Gasteiger partial charge >= 0.3 is 0 Å². The fourth-order valence-electron chi connectivity index (χ4n) is 2.31. The van der Waals surface area contributed by atoms with Gasteiger partial charge in [0.05, 0.1) is 0 Å². The first-order valence-corrected chi connectivity index (χ1v) is 4.70. The lowest BCUT2D eigenvalue weighted by atomic mass is 9.76. The second-order valence-electron chi connectivity index (χ2n) is 4.54. The van der Waals surface area contributed by atoms with Gasteiger partial charge in [-0.3, -0.25) is 0 Å². The molecular weight excluding hydrogens is 134 g/mol. The average Bonchev–Trinajstić information content (AvgIpc) is 2.13. The number of rotatable bonds is 1. The van der Waals surface area contributed by atoms with E-state index in [4.69, 9.17) is 0 Å². The molecule has 0 aromatic carbocycles. The highest BCUT2D eigenvalue weighted by atomic mass is 15.2. The van der Waals surface area contributed by atoms with Crippen LogP contribution in [0.25, 0.3) is 0 Å². The van der Waals surface area contributed by atoms with E-state index in [1.807, 2.05) is 0 Å². The molecule has 0 spiro atoms. The van der Waals surface area contributed by atoms with E-state index in [2.05, 4.69) is 39.6 Å². The molecule has 1 heterocycles. The summed E-state index contributed by atoms with van der Waals surface area (Å²) >= 11 is 0. The first kappa shape index (κ1) is 9.05. The molecule has 66 valence electrons. The normalized spacial score (nSPS) is 37.9. The summed E-state index contributed by atoms with van der Waals surface area (Å²) in [4.78, 5) is 2.48. The number of nitrogens with zero attached hydrogens (tertiary/aromatic N) is 1. The minimum absolute atomic E-state index is 0.517. The lowest BCUT2D eigenvalue weighted by Gasteiger charge is -2.30. The predicted molar refractivity (Wildman–Crippen MR) is 49.7 cm³/mol. The van der Waals surface area contributed by atoms with Crippen molar-refractivity contribution in [2.75, 3.05) is 13.6 Å². The highest BCUT2D eigenvalue weighted by Crippen LogP contribution is 2.41. The molecule has 1 aliphatic rings. The van der Waals surface area contributed by atoms with Crippen molar-refractivity contribution in [3.05, 3.63) is 0 Å². The highest BCUT2D eigenvalue weighted by Gasteiger charge is 2.42. The van der Waals surface area contributed by atoms with Gasteiger partial charge in [0.1, 0.15) is 0 Å². The quantitative estimate of drug-likeness (QED) is 0.562. The van der Waals surface area contributed by atoms with Gasteiger partial charge in [0.2, 0.25) is 0 Å². The van der Waals surface area contributed by atoms with E-state index in [9.17, 15) is 0 Å². The Bertz CT molecular complexity index is 140. The SMILES string of the molecule is CCC1CN(C)C(C)C1(C)C. The fraction of sp³-hybridized carbons (Fsp3) is 1.00. The zero-order valence-corrected chi connectivity index (χ0v) is 8.52. The van der Waals surface area contributed by atoms with Gasteiger partial charge in [0, 0.05) is 12.6 Å². The number of likely N-dealkylation sites (tertiary alicyclic amines) is 1. The molecule has 0 N–H and O–H groups in total. The van der Waals surface area contributed by atoms with Crippen LogP contribution in [0.2, 0.25) is 0 Å². The summed E-state index contributed by atoms with van der Waals surface area (Å²) in [6.45, 7) is 10.7. The Balaban J connectivity index is 2.74. The maximum atomic E-state index is 2.48. The molecule has 0 bridgehead atoms. The lowest BCUT2D eigenvalue weighted by molar-refractivity contribution is 0.202. The van der Waals surface area contributed by atoms with Crippen molar-refractivity contribution >= 4 is 0 Å². The van der Waals surface area contributed by atoms with E-state index >= 15 is 0 Å². The Labute approximate surface area is 70.8 Å². The Morgan fingerprint density at radius 1 is 1.45 bits per heavy atom. The van der Waals surface area contributed by atoms with Crippen molar-refractivity contribution in [3.63, 3.8) is 0 Å². The van der Waals surface area contributed by atoms with Gasteiger partial charge in [0.15, 0.2) is 0 Å². The van der Waals surface area contributed by atoms with E-state index < -0.39 is 0 Å². The zero-order chi connectivity index (χ0) is 8.65. The van der Waals surface area contributed by atoms with Crippen molar-refractivity contribution < 1.29 is 0 Å². The third-order valence-corrected chi connectivity index (χ3v) is 3.79. The summed E-state index contributed by atoms with van der Waals surface area (Å²) < 4.78 is 0. The molecule has 1 aliphatic heterocycles. The Kier molecular flexibility index (Phi) is 2.29. The molecule has 1 saturated heterocycles. The largest absolute Gasteiger partial charge is 0.303 e. The maximum Gasteiger partial charge on any atom is 0.0118 e. The van der Waals surface area contributed by atoms with E-state index in [0.29, 0.717) is 5.41 Å². The first-order valence-electron chi connectivity index (χ1n) is 4.70. The van der Waals surface area contributed by atoms with Crippen LogP contribution < -0.4 is 0 Å². The third-order valence-electron chi connectivity index (χ3n) is 3.79. The standard InChI is InChI=1S/C10H21N/c1-6-9-7-11(5)8(2)10(9,3)4/h8-9H,6-7H2,1-5H3. The molecule has 1 heteroatoms. The van der Waals surface area contributed by atoms with Crippen LogP contribution in [0.15, 0.2) is 0 Å². The average molecular weight is 155 g/mol. The van der Waals surface area contributed by atoms with Crippen molar-refractivity contribution in [2.45, 2.75) is 40.2 Å². The molecule has 0 saturated carbocycles. The predicted octanol–water partition coefficient (Wildman–Crippen LogP) is 2.37. The number of hydrogen-bond acceptors (Lipinski definition) is 1. The molecule has 0 aromatic heterocycles. The van der Waals surface area contributed by atoms with Crippen molar-refractivity contribution in [2.24, 2.45) is 11.3 Å². The highest BCUT2D eigenvalue weighted by molar-refractivity contribution is 4.94. The van der Waals surface area contributed by atoms with Crippen molar-refractivity contribution in [1.82, 2.24) is 4.90 Å². The molecular formula is C10H21N. The second-order valence-corrected chi connectivity index (χ2v) is 4.54. The summed E-state index contributed by atoms with van der Waals surface area (Å²) in [7, 11) is 2.24. The molecule has 2 atom stereocenters. The van der Waals surface area contributed by atoms with Crippen LogP contribution in [-0.4, -0.2) is 24.5 Å². The summed E-state index contributed by atoms with van der Waals surface area (Å²) in [6.07, 6.45) is 1.32. The van der Waals surface area contributed by atoms with Crippen LogP contribution in [0.5, 0.6) is 0 Å². The smallest absolute Gasteiger partial charge is 0.0118 e. The van der Waals surface area contributed by atoms with Gasteiger partial charge in [-0.25, -0.2) is 0 Å². The molecule has 1 nitrogen and oxygen atoms in total. The van der Waals surface area contributed by atoms with Crippen LogP contribution in [-0.2, 0) is 0 Å². The van der Waals surface area contributed by atoms with Crippen LogP contribution >= 0.6 is 0 Å². The Morgan fingerprint density at radius 3 is 2.18 bits per heavy atom. The third kappa shape index (κ3) is 1.31. The minimum Gasteiger partial charge on any atom is -0.303 e. The van der Waals surface area contributed by atoms with Crippen molar-refractivity contribution in [3.8, 4) is 0 Å². The minimum atomic E-state index is 0.517. The summed E-state index contributed by atoms with van der Waals surface area (Å²) in [6, 6.07) is 0.743. The van der Waals surface area contributed by atoms with Crippen molar-refractivity contribution in [1.29, 1.82) is 0 Å². The molecule has 1 rings (SSSR count). The van der Waals surface area contributed by atoms with Gasteiger partial charge in [0.25, 0.3) is 0 Å². The van der Waals surface area contributed by atoms with Crippen LogP contribution in [0.3, 0.4) is 0 Å². The number of hydrogen-bond donors (Lipinski definition) is 0. The summed E-state index contributed by atoms with van der Waals surface area (Å²) in [5.74, 6) is 0.891. The van der Waals surface area contributed by atoms with Crippen LogP contribution in [0.1, 0.15) is 34.1 Å². The monoisotopic (exact) mass is 155 g/mol. The van der Waals surface area contributed by atoms with E-state index in [-0.39, 0.29) is 0 Å². The van der Waals surface area contributed by atoms with Crippen LogP contribution in [0.4, 0.5) is 0 Å². The van der Waals surface area contributed by atoms with Gasteiger partial charge in [-0.15, -0.1) is 0 Å². The molecule has 11 heavy (non-hydrogen) atoms. The molecule has 0 amide bonds. The van der Waals surface area contributed by atoms with E-state index in [0.717, 1.165) is 12.0 Å². The van der Waals surface area contributed by atoms with E-state index in [1.165, 1.54) is 13.0 Å². The summed E-state index contributed by atoms with van der Waals surface area (Å²) in [5, 5.41) is 0. The molecule has 1 fully saturated rings. The molecule has 0 radical (unpaired) electrons. The van der Waals surface area contributed by atoms with Gasteiger partial charge < -0.3 is 4.90 Å². The Morgan fingerprint density at radius 2 is 2.00 bits per heavy atom.